The summed E-state index contributed by atoms with van der Waals surface area (Å²) in [6, 6.07) is 6.08. The van der Waals surface area contributed by atoms with E-state index in [0.29, 0.717) is 17.8 Å². The second-order valence-electron chi connectivity index (χ2n) is 9.75. The molecule has 0 spiro atoms. The number of amides is 2. The van der Waals surface area contributed by atoms with E-state index in [1.807, 2.05) is 52.0 Å². The van der Waals surface area contributed by atoms with Crippen molar-refractivity contribution in [2.75, 3.05) is 7.11 Å². The van der Waals surface area contributed by atoms with Crippen molar-refractivity contribution in [3.8, 4) is 0 Å². The van der Waals surface area contributed by atoms with E-state index in [4.69, 9.17) is 17.0 Å². The van der Waals surface area contributed by atoms with E-state index in [9.17, 15) is 14.4 Å². The fraction of sp³-hybridized carbons (Fsp3) is 0.571. The van der Waals surface area contributed by atoms with Crippen LogP contribution in [-0.4, -0.2) is 48.0 Å². The number of carbonyl (C=O) groups is 3. The highest BCUT2D eigenvalue weighted by atomic mass is 32.1. The maximum atomic E-state index is 13.3. The van der Waals surface area contributed by atoms with Crippen molar-refractivity contribution in [3.05, 3.63) is 41.5 Å². The van der Waals surface area contributed by atoms with E-state index in [2.05, 4.69) is 29.8 Å². The van der Waals surface area contributed by atoms with E-state index in [-0.39, 0.29) is 29.7 Å². The minimum absolute atomic E-state index is 0.109. The summed E-state index contributed by atoms with van der Waals surface area (Å²) in [6.45, 7) is 11.9. The Balaban J connectivity index is 2.37. The molecule has 1 aromatic carbocycles. The molecule has 198 valence electrons. The lowest BCUT2D eigenvalue weighted by atomic mass is 9.83. The fourth-order valence-electron chi connectivity index (χ4n) is 4.33. The summed E-state index contributed by atoms with van der Waals surface area (Å²) in [7, 11) is 1.30. The standard InChI is InChI=1S/C28H41N3O4S/c1-8-16(4)23-21(19-13-11-12-14-20(19)27(36)31-23)15-22(32)29-24(17(5)9-2)26(33)30-25(18(6)10-3)28(34)35-7/h11-18,23-25H,8-10H2,1-7H3,(H,29,32)(H,30,33)(H,31,36). The second-order valence-corrected chi connectivity index (χ2v) is 10.2. The van der Waals surface area contributed by atoms with Crippen LogP contribution in [0.4, 0.5) is 0 Å². The number of methoxy groups -OCH3 is 1. The van der Waals surface area contributed by atoms with Gasteiger partial charge in [-0.05, 0) is 28.9 Å². The molecule has 1 heterocycles. The fourth-order valence-corrected chi connectivity index (χ4v) is 4.63. The second kappa shape index (κ2) is 13.5. The Morgan fingerprint density at radius 3 is 2.11 bits per heavy atom. The predicted molar refractivity (Wildman–Crippen MR) is 147 cm³/mol. The number of ether oxygens (including phenoxy) is 1. The number of hydrogen-bond donors (Lipinski definition) is 3. The van der Waals surface area contributed by atoms with Crippen LogP contribution in [0.15, 0.2) is 30.3 Å². The molecule has 36 heavy (non-hydrogen) atoms. The SMILES string of the molecule is CCC(C)C(NC(=O)C=C1c2ccccc2C(=S)NC1C(C)CC)C(=O)NC(C(=O)OC)C(C)CC. The first kappa shape index (κ1) is 29.5. The third-order valence-corrected chi connectivity index (χ3v) is 7.70. The quantitative estimate of drug-likeness (QED) is 0.234. The summed E-state index contributed by atoms with van der Waals surface area (Å²) in [6.07, 6.45) is 3.86. The lowest BCUT2D eigenvalue weighted by molar-refractivity contribution is -0.147. The molecular weight excluding hydrogens is 474 g/mol. The number of esters is 1. The lowest BCUT2D eigenvalue weighted by Crippen LogP contribution is -2.55. The summed E-state index contributed by atoms with van der Waals surface area (Å²) in [5.74, 6) is -1.26. The normalized spacial score (nSPS) is 20.2. The minimum atomic E-state index is -0.800. The Morgan fingerprint density at radius 1 is 0.972 bits per heavy atom. The van der Waals surface area contributed by atoms with Crippen LogP contribution < -0.4 is 16.0 Å². The van der Waals surface area contributed by atoms with Gasteiger partial charge in [-0.25, -0.2) is 4.79 Å². The molecule has 1 aromatic rings. The summed E-state index contributed by atoms with van der Waals surface area (Å²) in [5.41, 5.74) is 2.66. The molecule has 7 nitrogen and oxygen atoms in total. The van der Waals surface area contributed by atoms with Crippen molar-refractivity contribution in [2.45, 2.75) is 78.9 Å². The van der Waals surface area contributed by atoms with Gasteiger partial charge in [0.1, 0.15) is 17.1 Å². The molecule has 2 amide bonds. The van der Waals surface area contributed by atoms with Gasteiger partial charge >= 0.3 is 5.97 Å². The average molecular weight is 516 g/mol. The zero-order valence-electron chi connectivity index (χ0n) is 22.5. The van der Waals surface area contributed by atoms with Gasteiger partial charge in [0.15, 0.2) is 0 Å². The Bertz CT molecular complexity index is 993. The third kappa shape index (κ3) is 6.93. The highest BCUT2D eigenvalue weighted by molar-refractivity contribution is 7.80. The molecule has 6 unspecified atom stereocenters. The molecule has 8 heteroatoms. The number of fused-ring (bicyclic) bond motifs is 1. The van der Waals surface area contributed by atoms with Gasteiger partial charge in [-0.2, -0.15) is 0 Å². The average Bonchev–Trinajstić information content (AvgIpc) is 2.89. The summed E-state index contributed by atoms with van der Waals surface area (Å²) in [5, 5.41) is 9.14. The van der Waals surface area contributed by atoms with E-state index in [1.54, 1.807) is 6.08 Å². The Hall–Kier alpha value is -2.74. The van der Waals surface area contributed by atoms with E-state index < -0.39 is 24.0 Å². The highest BCUT2D eigenvalue weighted by Gasteiger charge is 2.34. The molecule has 0 aliphatic carbocycles. The van der Waals surface area contributed by atoms with Crippen LogP contribution in [0.3, 0.4) is 0 Å². The molecule has 0 saturated carbocycles. The largest absolute Gasteiger partial charge is 0.467 e. The number of thiocarbonyl (C=S) groups is 1. The minimum Gasteiger partial charge on any atom is -0.467 e. The lowest BCUT2D eigenvalue weighted by Gasteiger charge is -2.34. The smallest absolute Gasteiger partial charge is 0.328 e. The zero-order chi connectivity index (χ0) is 27.0. The first-order chi connectivity index (χ1) is 17.1. The first-order valence-electron chi connectivity index (χ1n) is 12.9. The molecule has 0 fully saturated rings. The first-order valence-corrected chi connectivity index (χ1v) is 13.3. The van der Waals surface area contributed by atoms with Gasteiger partial charge in [0.25, 0.3) is 0 Å². The van der Waals surface area contributed by atoms with Crippen LogP contribution in [0.2, 0.25) is 0 Å². The van der Waals surface area contributed by atoms with E-state index >= 15 is 0 Å². The van der Waals surface area contributed by atoms with Gasteiger partial charge in [0.2, 0.25) is 11.8 Å². The van der Waals surface area contributed by atoms with Crippen molar-refractivity contribution < 1.29 is 19.1 Å². The van der Waals surface area contributed by atoms with E-state index in [0.717, 1.165) is 23.1 Å². The summed E-state index contributed by atoms with van der Waals surface area (Å²) in [4.78, 5) is 39.6. The number of benzene rings is 1. The van der Waals surface area contributed by atoms with Crippen LogP contribution in [0, 0.1) is 17.8 Å². The molecule has 0 radical (unpaired) electrons. The van der Waals surface area contributed by atoms with Crippen LogP contribution in [0.25, 0.3) is 5.57 Å². The molecular formula is C28H41N3O4S. The molecule has 3 N–H and O–H groups in total. The molecule has 1 aliphatic heterocycles. The Morgan fingerprint density at radius 2 is 1.56 bits per heavy atom. The zero-order valence-corrected chi connectivity index (χ0v) is 23.3. The van der Waals surface area contributed by atoms with Crippen LogP contribution in [0.1, 0.15) is 71.9 Å². The number of nitrogens with one attached hydrogen (secondary N) is 3. The Labute approximate surface area is 220 Å². The van der Waals surface area contributed by atoms with Crippen molar-refractivity contribution in [2.24, 2.45) is 17.8 Å². The van der Waals surface area contributed by atoms with E-state index in [1.165, 1.54) is 7.11 Å². The van der Waals surface area contributed by atoms with Crippen LogP contribution >= 0.6 is 12.2 Å². The molecule has 0 bridgehead atoms. The molecule has 0 saturated heterocycles. The molecule has 6 atom stereocenters. The number of hydrogen-bond acceptors (Lipinski definition) is 5. The van der Waals surface area contributed by atoms with Crippen molar-refractivity contribution in [1.82, 2.24) is 16.0 Å². The van der Waals surface area contributed by atoms with Crippen LogP contribution in [-0.2, 0) is 19.1 Å². The van der Waals surface area contributed by atoms with Gasteiger partial charge in [-0.15, -0.1) is 0 Å². The molecule has 1 aliphatic rings. The Kier molecular flexibility index (Phi) is 11.1. The van der Waals surface area contributed by atoms with Crippen molar-refractivity contribution in [3.63, 3.8) is 0 Å². The number of rotatable bonds is 11. The predicted octanol–water partition coefficient (Wildman–Crippen LogP) is 4.00. The van der Waals surface area contributed by atoms with Gasteiger partial charge in [0.05, 0.1) is 13.2 Å². The maximum Gasteiger partial charge on any atom is 0.328 e. The van der Waals surface area contributed by atoms with Crippen molar-refractivity contribution >= 4 is 40.6 Å². The van der Waals surface area contributed by atoms with Gasteiger partial charge in [-0.1, -0.05) is 97.3 Å². The topological polar surface area (TPSA) is 96.5 Å². The highest BCUT2D eigenvalue weighted by Crippen LogP contribution is 2.32. The van der Waals surface area contributed by atoms with Gasteiger partial charge in [-0.3, -0.25) is 9.59 Å². The number of carbonyl (C=O) groups excluding carboxylic acids is 3. The third-order valence-electron chi connectivity index (χ3n) is 7.36. The molecule has 2 rings (SSSR count). The molecule has 0 aromatic heterocycles. The van der Waals surface area contributed by atoms with Gasteiger partial charge < -0.3 is 20.7 Å². The summed E-state index contributed by atoms with van der Waals surface area (Å²) >= 11 is 5.60. The van der Waals surface area contributed by atoms with Crippen LogP contribution in [0.5, 0.6) is 0 Å². The van der Waals surface area contributed by atoms with Crippen molar-refractivity contribution in [1.29, 1.82) is 0 Å². The summed E-state index contributed by atoms with van der Waals surface area (Å²) < 4.78 is 4.90. The monoisotopic (exact) mass is 515 g/mol. The maximum absolute atomic E-state index is 13.3. The van der Waals surface area contributed by atoms with Gasteiger partial charge in [0, 0.05) is 11.6 Å².